The van der Waals surface area contributed by atoms with Crippen LogP contribution in [0.25, 0.3) is 10.9 Å². The summed E-state index contributed by atoms with van der Waals surface area (Å²) in [6, 6.07) is 29.9. The van der Waals surface area contributed by atoms with Crippen LogP contribution in [0.5, 0.6) is 0 Å². The summed E-state index contributed by atoms with van der Waals surface area (Å²) in [6.45, 7) is 1.99. The first-order chi connectivity index (χ1) is 19.5. The van der Waals surface area contributed by atoms with Crippen molar-refractivity contribution in [2.24, 2.45) is 0 Å². The van der Waals surface area contributed by atoms with Crippen LogP contribution in [0.2, 0.25) is 0 Å². The number of amides is 1. The fourth-order valence-corrected chi connectivity index (χ4v) is 4.79. The van der Waals surface area contributed by atoms with Gasteiger partial charge >= 0.3 is 0 Å². The summed E-state index contributed by atoms with van der Waals surface area (Å²) >= 11 is 0. The average molecular weight is 533 g/mol. The van der Waals surface area contributed by atoms with Gasteiger partial charge in [0.2, 0.25) is 5.91 Å². The number of likely N-dealkylation sites (N-methyl/N-ethyl adjacent to an activating group) is 1. The van der Waals surface area contributed by atoms with Gasteiger partial charge in [0.25, 0.3) is 0 Å². The molecule has 0 saturated heterocycles. The number of aromatic amines is 1. The minimum Gasteiger partial charge on any atom is -0.373 e. The Kier molecular flexibility index (Phi) is 8.73. The molecule has 204 valence electrons. The Morgan fingerprint density at radius 1 is 0.825 bits per heavy atom. The summed E-state index contributed by atoms with van der Waals surface area (Å²) in [6.07, 6.45) is 6.11. The van der Waals surface area contributed by atoms with Crippen LogP contribution in [0.4, 0.5) is 17.1 Å². The molecule has 0 saturated carbocycles. The first kappa shape index (κ1) is 27.0. The van der Waals surface area contributed by atoms with Gasteiger partial charge < -0.3 is 25.4 Å². The molecule has 1 amide bonds. The molecule has 5 rings (SSSR count). The number of para-hydroxylation sites is 1. The van der Waals surface area contributed by atoms with Crippen LogP contribution < -0.4 is 10.6 Å². The molecular weight excluding hydrogens is 496 g/mol. The van der Waals surface area contributed by atoms with Gasteiger partial charge in [-0.1, -0.05) is 48.5 Å². The van der Waals surface area contributed by atoms with E-state index in [-0.39, 0.29) is 5.91 Å². The maximum Gasteiger partial charge on any atom is 0.245 e. The number of hydrogen-bond acceptors (Lipinski definition) is 5. The van der Waals surface area contributed by atoms with E-state index in [1.54, 1.807) is 12.4 Å². The number of anilines is 3. The summed E-state index contributed by atoms with van der Waals surface area (Å²) in [4.78, 5) is 25.8. The van der Waals surface area contributed by atoms with Gasteiger partial charge in [0, 0.05) is 72.6 Å². The Morgan fingerprint density at radius 2 is 1.50 bits per heavy atom. The summed E-state index contributed by atoms with van der Waals surface area (Å²) in [5.41, 5.74) is 6.14. The molecule has 7 heteroatoms. The molecule has 40 heavy (non-hydrogen) atoms. The highest BCUT2D eigenvalue weighted by molar-refractivity contribution is 5.88. The Labute approximate surface area is 235 Å². The van der Waals surface area contributed by atoms with Crippen LogP contribution in [0, 0.1) is 0 Å². The lowest BCUT2D eigenvalue weighted by Crippen LogP contribution is -2.46. The normalized spacial score (nSPS) is 11.9. The smallest absolute Gasteiger partial charge is 0.245 e. The van der Waals surface area contributed by atoms with Crippen molar-refractivity contribution in [3.63, 3.8) is 0 Å². The fourth-order valence-electron chi connectivity index (χ4n) is 4.79. The van der Waals surface area contributed by atoms with Gasteiger partial charge in [-0.05, 0) is 67.7 Å². The molecule has 0 aliphatic rings. The summed E-state index contributed by atoms with van der Waals surface area (Å²) < 4.78 is 0. The quantitative estimate of drug-likeness (QED) is 0.186. The van der Waals surface area contributed by atoms with Crippen molar-refractivity contribution in [3.05, 3.63) is 121 Å². The van der Waals surface area contributed by atoms with E-state index in [4.69, 9.17) is 0 Å². The molecule has 5 aromatic rings. The van der Waals surface area contributed by atoms with Crippen LogP contribution in [0.3, 0.4) is 0 Å². The van der Waals surface area contributed by atoms with Crippen molar-refractivity contribution in [1.29, 1.82) is 0 Å². The second-order valence-electron chi connectivity index (χ2n) is 10.2. The van der Waals surface area contributed by atoms with Gasteiger partial charge in [-0.2, -0.15) is 0 Å². The highest BCUT2D eigenvalue weighted by atomic mass is 16.2. The van der Waals surface area contributed by atoms with Crippen LogP contribution in [0.15, 0.2) is 110 Å². The Balaban J connectivity index is 1.40. The Bertz CT molecular complexity index is 1500. The van der Waals surface area contributed by atoms with Gasteiger partial charge in [-0.25, -0.2) is 0 Å². The maximum atomic E-state index is 14.3. The zero-order valence-corrected chi connectivity index (χ0v) is 23.0. The Hall–Kier alpha value is -4.62. The highest BCUT2D eigenvalue weighted by Gasteiger charge is 2.26. The fraction of sp³-hybridized carbons (Fsp3) is 0.212. The zero-order valence-electron chi connectivity index (χ0n) is 23.0. The molecule has 0 radical (unpaired) electrons. The lowest BCUT2D eigenvalue weighted by atomic mass is 10.0. The third kappa shape index (κ3) is 7.07. The minimum absolute atomic E-state index is 0.0787. The molecule has 0 bridgehead atoms. The predicted molar refractivity (Wildman–Crippen MR) is 164 cm³/mol. The third-order valence-electron chi connectivity index (χ3n) is 6.94. The number of carbonyl (C=O) groups excluding carboxylic acids is 1. The van der Waals surface area contributed by atoms with E-state index < -0.39 is 6.04 Å². The molecular formula is C33H36N6O. The van der Waals surface area contributed by atoms with Crippen molar-refractivity contribution < 1.29 is 4.79 Å². The molecule has 2 aromatic heterocycles. The van der Waals surface area contributed by atoms with Crippen molar-refractivity contribution in [2.75, 3.05) is 37.8 Å². The van der Waals surface area contributed by atoms with Gasteiger partial charge in [-0.3, -0.25) is 9.78 Å². The topological polar surface area (TPSA) is 76.3 Å². The van der Waals surface area contributed by atoms with Gasteiger partial charge in [0.05, 0.1) is 0 Å². The van der Waals surface area contributed by atoms with Crippen LogP contribution in [0.1, 0.15) is 11.1 Å². The molecule has 0 spiro atoms. The van der Waals surface area contributed by atoms with Crippen molar-refractivity contribution in [1.82, 2.24) is 19.8 Å². The maximum absolute atomic E-state index is 14.3. The van der Waals surface area contributed by atoms with E-state index in [1.807, 2.05) is 91.9 Å². The van der Waals surface area contributed by atoms with Crippen LogP contribution in [-0.2, 0) is 17.8 Å². The van der Waals surface area contributed by atoms with E-state index >= 15 is 0 Å². The number of rotatable bonds is 12. The zero-order chi connectivity index (χ0) is 27.7. The number of carbonyl (C=O) groups is 1. The number of nitrogens with one attached hydrogen (secondary N) is 3. The van der Waals surface area contributed by atoms with Crippen LogP contribution in [-0.4, -0.2) is 58.9 Å². The Morgan fingerprint density at radius 3 is 2.25 bits per heavy atom. The molecule has 3 aromatic carbocycles. The number of benzene rings is 3. The highest BCUT2D eigenvalue weighted by Crippen LogP contribution is 2.23. The van der Waals surface area contributed by atoms with E-state index in [1.165, 1.54) is 0 Å². The minimum atomic E-state index is -0.441. The van der Waals surface area contributed by atoms with Gasteiger partial charge in [0.15, 0.2) is 0 Å². The standard InChI is InChI=1S/C33H36N6O/c1-38(2)20-21-39(24-25-8-4-3-5-9-25)33(40)32(22-26-23-35-31-11-7-6-10-30(26)31)37-28-14-12-27(13-15-28)36-29-16-18-34-19-17-29/h3-19,23,32,35,37H,20-22,24H2,1-2H3,(H,34,36)/t32-/m1/s1. The number of fused-ring (bicyclic) bond motifs is 1. The van der Waals surface area contributed by atoms with Crippen molar-refractivity contribution in [2.45, 2.75) is 19.0 Å². The first-order valence-corrected chi connectivity index (χ1v) is 13.6. The summed E-state index contributed by atoms with van der Waals surface area (Å²) in [5.74, 6) is 0.0787. The molecule has 0 aliphatic heterocycles. The first-order valence-electron chi connectivity index (χ1n) is 13.6. The second-order valence-corrected chi connectivity index (χ2v) is 10.2. The number of aromatic nitrogens is 2. The van der Waals surface area contributed by atoms with Gasteiger partial charge in [-0.15, -0.1) is 0 Å². The largest absolute Gasteiger partial charge is 0.373 e. The van der Waals surface area contributed by atoms with E-state index in [0.717, 1.165) is 45.6 Å². The average Bonchev–Trinajstić information content (AvgIpc) is 3.39. The third-order valence-corrected chi connectivity index (χ3v) is 6.94. The van der Waals surface area contributed by atoms with Gasteiger partial charge in [0.1, 0.15) is 6.04 Å². The predicted octanol–water partition coefficient (Wildman–Crippen LogP) is 5.92. The SMILES string of the molecule is CN(C)CCN(Cc1ccccc1)C(=O)[C@@H](Cc1c[nH]c2ccccc12)Nc1ccc(Nc2ccncc2)cc1. The molecule has 7 nitrogen and oxygen atoms in total. The monoisotopic (exact) mass is 532 g/mol. The molecule has 0 unspecified atom stereocenters. The van der Waals surface area contributed by atoms with Crippen molar-refractivity contribution >= 4 is 33.9 Å². The number of H-pyrrole nitrogens is 1. The van der Waals surface area contributed by atoms with E-state index in [2.05, 4.69) is 49.8 Å². The molecule has 3 N–H and O–H groups in total. The van der Waals surface area contributed by atoms with Crippen LogP contribution >= 0.6 is 0 Å². The number of pyridine rings is 1. The van der Waals surface area contributed by atoms with E-state index in [0.29, 0.717) is 19.5 Å². The summed E-state index contributed by atoms with van der Waals surface area (Å²) in [5, 5.41) is 8.10. The lowest BCUT2D eigenvalue weighted by Gasteiger charge is -2.30. The molecule has 0 fully saturated rings. The number of nitrogens with zero attached hydrogens (tertiary/aromatic N) is 3. The molecule has 0 aliphatic carbocycles. The van der Waals surface area contributed by atoms with E-state index in [9.17, 15) is 4.79 Å². The molecule has 1 atom stereocenters. The summed E-state index contributed by atoms with van der Waals surface area (Å²) in [7, 11) is 4.07. The number of hydrogen-bond donors (Lipinski definition) is 3. The second kappa shape index (κ2) is 13.0. The van der Waals surface area contributed by atoms with Crippen molar-refractivity contribution in [3.8, 4) is 0 Å². The molecule has 2 heterocycles. The lowest BCUT2D eigenvalue weighted by molar-refractivity contribution is -0.132.